The molecule has 12 aromatic rings. The van der Waals surface area contributed by atoms with Gasteiger partial charge in [-0.15, -0.1) is 0 Å². The van der Waals surface area contributed by atoms with Crippen LogP contribution in [0.2, 0.25) is 0 Å². The smallest absolute Gasteiger partial charge is 0.164 e. The summed E-state index contributed by atoms with van der Waals surface area (Å²) in [7, 11) is 0. The van der Waals surface area contributed by atoms with Gasteiger partial charge in [0.25, 0.3) is 0 Å². The van der Waals surface area contributed by atoms with E-state index in [2.05, 4.69) is 143 Å². The Bertz CT molecular complexity index is 3570. The number of furan rings is 1. The van der Waals surface area contributed by atoms with E-state index >= 15 is 0 Å². The van der Waals surface area contributed by atoms with Crippen molar-refractivity contribution >= 4 is 54.5 Å². The molecule has 6 nitrogen and oxygen atoms in total. The molecule has 4 aromatic heterocycles. The van der Waals surface area contributed by atoms with Crippen molar-refractivity contribution in [3.8, 4) is 62.1 Å². The highest BCUT2D eigenvalue weighted by Crippen LogP contribution is 2.40. The molecule has 0 radical (unpaired) electrons. The van der Waals surface area contributed by atoms with Crippen LogP contribution in [0.3, 0.4) is 0 Å². The third kappa shape index (κ3) is 5.57. The summed E-state index contributed by atoms with van der Waals surface area (Å²) in [4.78, 5) is 19.4. The van der Waals surface area contributed by atoms with Crippen molar-refractivity contribution in [1.82, 2.24) is 24.5 Å². The Labute approximate surface area is 344 Å². The zero-order valence-electron chi connectivity index (χ0n) is 32.2. The van der Waals surface area contributed by atoms with E-state index in [-0.39, 0.29) is 0 Å². The highest BCUT2D eigenvalue weighted by Gasteiger charge is 2.19. The lowest BCUT2D eigenvalue weighted by molar-refractivity contribution is 0.667. The predicted octanol–water partition coefficient (Wildman–Crippen LogP) is 13.8. The van der Waals surface area contributed by atoms with Crippen LogP contribution in [-0.4, -0.2) is 24.5 Å². The lowest BCUT2D eigenvalue weighted by Crippen LogP contribution is -2.00. The van der Waals surface area contributed by atoms with Crippen molar-refractivity contribution in [3.05, 3.63) is 200 Å². The van der Waals surface area contributed by atoms with E-state index in [1.165, 1.54) is 43.7 Å². The Balaban J connectivity index is 0.946. The summed E-state index contributed by atoms with van der Waals surface area (Å²) in [5.74, 6) is 1.79. The van der Waals surface area contributed by atoms with Crippen molar-refractivity contribution in [2.24, 2.45) is 0 Å². The molecule has 0 bridgehead atoms. The van der Waals surface area contributed by atoms with Crippen molar-refractivity contribution < 1.29 is 4.42 Å². The Hall–Kier alpha value is -8.22. The van der Waals surface area contributed by atoms with Gasteiger partial charge in [0.1, 0.15) is 5.58 Å². The summed E-state index contributed by atoms with van der Waals surface area (Å²) in [6.45, 7) is 0. The molecule has 0 fully saturated rings. The molecule has 60 heavy (non-hydrogen) atoms. The van der Waals surface area contributed by atoms with Gasteiger partial charge in [0.05, 0.1) is 17.2 Å². The van der Waals surface area contributed by atoms with Gasteiger partial charge < -0.3 is 8.98 Å². The first kappa shape index (κ1) is 33.9. The van der Waals surface area contributed by atoms with Crippen LogP contribution in [0.4, 0.5) is 0 Å². The molecular weight excluding hydrogens is 735 g/mol. The molecule has 0 amide bonds. The fourth-order valence-electron chi connectivity index (χ4n) is 8.68. The van der Waals surface area contributed by atoms with Crippen LogP contribution in [0.15, 0.2) is 205 Å². The first-order valence-electron chi connectivity index (χ1n) is 20.0. The summed E-state index contributed by atoms with van der Waals surface area (Å²) < 4.78 is 8.60. The molecule has 0 unspecified atom stereocenters. The zero-order valence-corrected chi connectivity index (χ0v) is 32.2. The van der Waals surface area contributed by atoms with Gasteiger partial charge in [-0.3, -0.25) is 4.98 Å². The number of aromatic nitrogens is 5. The maximum absolute atomic E-state index is 6.17. The van der Waals surface area contributed by atoms with E-state index in [1.54, 1.807) is 12.4 Å². The molecule has 0 saturated heterocycles. The second-order valence-electron chi connectivity index (χ2n) is 15.1. The monoisotopic (exact) mass is 767 g/mol. The molecule has 0 N–H and O–H groups in total. The van der Waals surface area contributed by atoms with Gasteiger partial charge in [0.15, 0.2) is 23.1 Å². The number of nitrogens with zero attached hydrogens (tertiary/aromatic N) is 5. The number of hydrogen-bond acceptors (Lipinski definition) is 5. The van der Waals surface area contributed by atoms with Gasteiger partial charge in [-0.2, -0.15) is 0 Å². The molecular formula is C54H33N5O. The molecule has 0 spiro atoms. The minimum atomic E-state index is 0.581. The Morgan fingerprint density at radius 2 is 1.02 bits per heavy atom. The van der Waals surface area contributed by atoms with Crippen molar-refractivity contribution in [1.29, 1.82) is 0 Å². The molecule has 280 valence electrons. The summed E-state index contributed by atoms with van der Waals surface area (Å²) in [5.41, 5.74) is 12.3. The largest absolute Gasteiger partial charge is 0.454 e. The van der Waals surface area contributed by atoms with Crippen LogP contribution in [0.1, 0.15) is 0 Å². The number of rotatable bonds is 6. The average Bonchev–Trinajstić information content (AvgIpc) is 3.88. The zero-order chi connectivity index (χ0) is 39.6. The predicted molar refractivity (Wildman–Crippen MR) is 244 cm³/mol. The van der Waals surface area contributed by atoms with Gasteiger partial charge in [-0.05, 0) is 58.0 Å². The highest BCUT2D eigenvalue weighted by molar-refractivity contribution is 6.19. The normalized spacial score (nSPS) is 11.7. The maximum atomic E-state index is 6.17. The summed E-state index contributed by atoms with van der Waals surface area (Å²) in [6.07, 6.45) is 3.53. The number of hydrogen-bond donors (Lipinski definition) is 0. The average molecular weight is 768 g/mol. The molecule has 12 rings (SSSR count). The molecule has 0 atom stereocenters. The minimum absolute atomic E-state index is 0.581. The van der Waals surface area contributed by atoms with Gasteiger partial charge in [0, 0.05) is 55.5 Å². The first-order valence-corrected chi connectivity index (χ1v) is 20.0. The Morgan fingerprint density at radius 1 is 0.400 bits per heavy atom. The van der Waals surface area contributed by atoms with E-state index in [1.807, 2.05) is 54.6 Å². The highest BCUT2D eigenvalue weighted by atomic mass is 16.3. The fourth-order valence-corrected chi connectivity index (χ4v) is 8.68. The van der Waals surface area contributed by atoms with Crippen LogP contribution in [0.25, 0.3) is 117 Å². The van der Waals surface area contributed by atoms with Crippen LogP contribution in [-0.2, 0) is 0 Å². The summed E-state index contributed by atoms with van der Waals surface area (Å²) in [5, 5.41) is 6.86. The van der Waals surface area contributed by atoms with Crippen molar-refractivity contribution in [2.45, 2.75) is 0 Å². The van der Waals surface area contributed by atoms with E-state index in [0.29, 0.717) is 17.5 Å². The van der Waals surface area contributed by atoms with Gasteiger partial charge in [-0.25, -0.2) is 15.0 Å². The first-order chi connectivity index (χ1) is 29.7. The van der Waals surface area contributed by atoms with E-state index in [9.17, 15) is 0 Å². The van der Waals surface area contributed by atoms with Crippen LogP contribution in [0, 0.1) is 0 Å². The standard InChI is InChI=1S/C54H33N5O/c1-3-10-34(11-4-1)40-25-28-43-44-29-24-37-12-7-8-15-42(37)51(44)59(47(43)32-40)41-26-22-36(23-27-41)35-18-20-39(21-19-35)53-56-52(38-13-5-2-6-14-38)57-54(58-53)46-16-9-17-48-50(46)45-30-31-55-33-49(45)60-48/h1-33H. The molecule has 0 aliphatic carbocycles. The van der Waals surface area contributed by atoms with E-state index in [0.717, 1.165) is 55.4 Å². The molecule has 0 aliphatic heterocycles. The lowest BCUT2D eigenvalue weighted by atomic mass is 10.0. The SMILES string of the molecule is c1ccc(-c2ccc3c4ccc5ccccc5c4n(-c4ccc(-c5ccc(-c6nc(-c7ccccc7)nc(-c7cccc8oc9cnccc9c78)n6)cc5)cc4)c3c2)cc1. The van der Waals surface area contributed by atoms with Gasteiger partial charge in [0.2, 0.25) is 0 Å². The second kappa shape index (κ2) is 13.7. The van der Waals surface area contributed by atoms with Crippen molar-refractivity contribution in [2.75, 3.05) is 0 Å². The molecule has 0 aliphatic rings. The summed E-state index contributed by atoms with van der Waals surface area (Å²) >= 11 is 0. The lowest BCUT2D eigenvalue weighted by Gasteiger charge is -2.12. The fraction of sp³-hybridized carbons (Fsp3) is 0. The third-order valence-electron chi connectivity index (χ3n) is 11.6. The topological polar surface area (TPSA) is 69.6 Å². The molecule has 4 heterocycles. The number of pyridine rings is 1. The van der Waals surface area contributed by atoms with E-state index in [4.69, 9.17) is 19.4 Å². The van der Waals surface area contributed by atoms with E-state index < -0.39 is 0 Å². The second-order valence-corrected chi connectivity index (χ2v) is 15.1. The summed E-state index contributed by atoms with van der Waals surface area (Å²) in [6, 6.07) is 66.0. The van der Waals surface area contributed by atoms with Crippen LogP contribution < -0.4 is 0 Å². The quantitative estimate of drug-likeness (QED) is 0.168. The maximum Gasteiger partial charge on any atom is 0.164 e. The number of benzene rings is 8. The van der Waals surface area contributed by atoms with Crippen molar-refractivity contribution in [3.63, 3.8) is 0 Å². The third-order valence-corrected chi connectivity index (χ3v) is 11.6. The van der Waals surface area contributed by atoms with Gasteiger partial charge >= 0.3 is 0 Å². The Morgan fingerprint density at radius 3 is 1.80 bits per heavy atom. The Kier molecular flexibility index (Phi) is 7.74. The minimum Gasteiger partial charge on any atom is -0.454 e. The van der Waals surface area contributed by atoms with Crippen LogP contribution in [0.5, 0.6) is 0 Å². The van der Waals surface area contributed by atoms with Gasteiger partial charge in [-0.1, -0.05) is 158 Å². The number of fused-ring (bicyclic) bond motifs is 8. The molecule has 0 saturated carbocycles. The molecule has 8 aromatic carbocycles. The molecule has 6 heteroatoms. The van der Waals surface area contributed by atoms with Crippen LogP contribution >= 0.6 is 0 Å².